The number of piperidine rings is 1. The molecule has 12 heteroatoms. The maximum atomic E-state index is 13.7. The van der Waals surface area contributed by atoms with Gasteiger partial charge in [-0.2, -0.15) is 0 Å². The average Bonchev–Trinajstić information content (AvgIpc) is 2.93. The molecule has 0 bridgehead atoms. The molecule has 2 aliphatic rings. The van der Waals surface area contributed by atoms with Gasteiger partial charge in [-0.15, -0.1) is 0 Å². The second kappa shape index (κ2) is 12.4. The summed E-state index contributed by atoms with van der Waals surface area (Å²) in [5, 5.41) is 21.9. The van der Waals surface area contributed by atoms with E-state index in [0.29, 0.717) is 36.6 Å². The quantitative estimate of drug-likeness (QED) is 0.391. The van der Waals surface area contributed by atoms with Crippen LogP contribution >= 0.6 is 11.6 Å². The molecule has 2 fully saturated rings. The summed E-state index contributed by atoms with van der Waals surface area (Å²) in [4.78, 5) is 27.8. The van der Waals surface area contributed by atoms with Crippen molar-refractivity contribution in [3.05, 3.63) is 39.9 Å². The second-order valence-corrected chi connectivity index (χ2v) is 10.3. The summed E-state index contributed by atoms with van der Waals surface area (Å²) in [6, 6.07) is 3.85. The van der Waals surface area contributed by atoms with Gasteiger partial charge in [0.05, 0.1) is 6.61 Å². The highest BCUT2D eigenvalue weighted by Gasteiger charge is 2.34. The number of aromatic nitrogens is 2. The Morgan fingerprint density at radius 3 is 2.66 bits per heavy atom. The Bertz CT molecular complexity index is 1150. The highest BCUT2D eigenvalue weighted by Crippen LogP contribution is 2.31. The first kappa shape index (κ1) is 28.3. The van der Waals surface area contributed by atoms with Crippen LogP contribution in [-0.2, 0) is 6.54 Å². The Morgan fingerprint density at radius 2 is 1.97 bits per heavy atom. The van der Waals surface area contributed by atoms with E-state index in [0.717, 1.165) is 51.0 Å². The molecule has 3 heterocycles. The van der Waals surface area contributed by atoms with Crippen LogP contribution in [0.4, 0.5) is 16.0 Å². The fourth-order valence-electron chi connectivity index (χ4n) is 5.46. The molecule has 2 saturated heterocycles. The van der Waals surface area contributed by atoms with E-state index in [9.17, 15) is 14.3 Å². The molecule has 0 spiro atoms. The summed E-state index contributed by atoms with van der Waals surface area (Å²) >= 11 is 6.44. The third kappa shape index (κ3) is 6.12. The lowest BCUT2D eigenvalue weighted by Crippen LogP contribution is -2.58. The number of carbonyl (C=O) groups excluding carboxylic acids is 1. The molecular formula is C26H37ClFN7O3. The zero-order valence-electron chi connectivity index (χ0n) is 22.0. The van der Waals surface area contributed by atoms with Crippen molar-refractivity contribution in [1.29, 1.82) is 0 Å². The lowest BCUT2D eigenvalue weighted by Gasteiger charge is -2.47. The minimum atomic E-state index is -0.523. The van der Waals surface area contributed by atoms with E-state index in [1.807, 2.05) is 0 Å². The summed E-state index contributed by atoms with van der Waals surface area (Å²) in [6.07, 6.45) is 2.99. The maximum absolute atomic E-state index is 13.7. The molecule has 1 atom stereocenters. The van der Waals surface area contributed by atoms with Crippen LogP contribution in [-0.4, -0.2) is 93.8 Å². The number of hydrogen-bond donors (Lipinski definition) is 4. The number of aromatic hydroxyl groups is 1. The lowest BCUT2D eigenvalue weighted by molar-refractivity contribution is 0.0608. The van der Waals surface area contributed by atoms with Crippen LogP contribution in [0.25, 0.3) is 0 Å². The molecule has 5 N–H and O–H groups in total. The van der Waals surface area contributed by atoms with Crippen LogP contribution in [0.3, 0.4) is 0 Å². The predicted molar refractivity (Wildman–Crippen MR) is 145 cm³/mol. The number of likely N-dealkylation sites (tertiary alicyclic amines) is 1. The molecular weight excluding hydrogens is 513 g/mol. The van der Waals surface area contributed by atoms with Gasteiger partial charge in [0.25, 0.3) is 5.91 Å². The van der Waals surface area contributed by atoms with Crippen molar-refractivity contribution < 1.29 is 19.4 Å². The van der Waals surface area contributed by atoms with E-state index < -0.39 is 5.91 Å². The first-order valence-corrected chi connectivity index (χ1v) is 13.5. The number of hydrogen-bond acceptors (Lipinski definition) is 9. The molecule has 0 unspecified atom stereocenters. The van der Waals surface area contributed by atoms with Gasteiger partial charge in [-0.3, -0.25) is 14.6 Å². The number of phenolic OH excluding ortho intramolecular Hbond substituents is 1. The van der Waals surface area contributed by atoms with E-state index in [1.54, 1.807) is 13.0 Å². The van der Waals surface area contributed by atoms with Gasteiger partial charge < -0.3 is 26.2 Å². The van der Waals surface area contributed by atoms with Crippen LogP contribution < -0.4 is 16.0 Å². The number of piperazine rings is 1. The van der Waals surface area contributed by atoms with Gasteiger partial charge in [0.1, 0.15) is 11.6 Å². The van der Waals surface area contributed by atoms with Gasteiger partial charge in [0, 0.05) is 55.9 Å². The average molecular weight is 550 g/mol. The highest BCUT2D eigenvalue weighted by molar-refractivity contribution is 6.32. The van der Waals surface area contributed by atoms with Crippen LogP contribution in [0.1, 0.15) is 47.8 Å². The zero-order valence-corrected chi connectivity index (χ0v) is 22.7. The van der Waals surface area contributed by atoms with Gasteiger partial charge in [0.2, 0.25) is 0 Å². The van der Waals surface area contributed by atoms with Crippen molar-refractivity contribution in [3.63, 3.8) is 0 Å². The van der Waals surface area contributed by atoms with Crippen LogP contribution in [0.15, 0.2) is 12.1 Å². The molecule has 38 heavy (non-hydrogen) atoms. The first-order chi connectivity index (χ1) is 18.2. The smallest absolute Gasteiger partial charge is 0.273 e. The van der Waals surface area contributed by atoms with Gasteiger partial charge in [-0.05, 0) is 45.3 Å². The van der Waals surface area contributed by atoms with E-state index >= 15 is 0 Å². The molecule has 2 aromatic rings. The van der Waals surface area contributed by atoms with Crippen molar-refractivity contribution in [2.24, 2.45) is 0 Å². The number of rotatable bonds is 8. The molecule has 4 rings (SSSR count). The van der Waals surface area contributed by atoms with E-state index in [1.165, 1.54) is 6.07 Å². The molecule has 1 amide bonds. The SMILES string of the molecule is CC[C@H]1CN(c2nc(N)c(C(=O)NCCO)nc2Cl)CCN1C1CCN(Cc2ccc(F)c(C)c2O)CC1. The van der Waals surface area contributed by atoms with Gasteiger partial charge >= 0.3 is 0 Å². The van der Waals surface area contributed by atoms with E-state index in [4.69, 9.17) is 22.4 Å². The minimum Gasteiger partial charge on any atom is -0.507 e. The minimum absolute atomic E-state index is 0.00470. The topological polar surface area (TPSA) is 131 Å². The summed E-state index contributed by atoms with van der Waals surface area (Å²) < 4.78 is 13.7. The molecule has 0 aliphatic carbocycles. The van der Waals surface area contributed by atoms with Crippen molar-refractivity contribution in [1.82, 2.24) is 25.1 Å². The van der Waals surface area contributed by atoms with Crippen LogP contribution in [0, 0.1) is 12.7 Å². The zero-order chi connectivity index (χ0) is 27.4. The second-order valence-electron chi connectivity index (χ2n) is 9.98. The summed E-state index contributed by atoms with van der Waals surface area (Å²) in [5.41, 5.74) is 7.05. The van der Waals surface area contributed by atoms with Crippen molar-refractivity contribution in [3.8, 4) is 5.75 Å². The van der Waals surface area contributed by atoms with Crippen molar-refractivity contribution in [2.75, 3.05) is 56.5 Å². The number of nitrogen functional groups attached to an aromatic ring is 1. The monoisotopic (exact) mass is 549 g/mol. The normalized spacial score (nSPS) is 19.6. The molecule has 2 aliphatic heterocycles. The number of anilines is 2. The number of nitrogens with two attached hydrogens (primary N) is 1. The molecule has 208 valence electrons. The third-order valence-electron chi connectivity index (χ3n) is 7.64. The predicted octanol–water partition coefficient (Wildman–Crippen LogP) is 2.15. The third-order valence-corrected chi connectivity index (χ3v) is 7.90. The lowest BCUT2D eigenvalue weighted by atomic mass is 9.97. The Hall–Kier alpha value is -2.73. The van der Waals surface area contributed by atoms with Gasteiger partial charge in [-0.1, -0.05) is 24.6 Å². The molecule has 10 nitrogen and oxygen atoms in total. The maximum Gasteiger partial charge on any atom is 0.273 e. The fourth-order valence-corrected chi connectivity index (χ4v) is 5.70. The number of benzene rings is 1. The van der Waals surface area contributed by atoms with Crippen LogP contribution in [0.5, 0.6) is 5.75 Å². The number of aliphatic hydroxyl groups is 1. The molecule has 1 aromatic heterocycles. The number of nitrogens with zero attached hydrogens (tertiary/aromatic N) is 5. The Kier molecular flexibility index (Phi) is 9.24. The molecule has 0 saturated carbocycles. The summed E-state index contributed by atoms with van der Waals surface area (Å²) in [5.74, 6) is -0.375. The van der Waals surface area contributed by atoms with Crippen LogP contribution in [0.2, 0.25) is 5.15 Å². The first-order valence-electron chi connectivity index (χ1n) is 13.2. The number of aliphatic hydroxyl groups excluding tert-OH is 1. The van der Waals surface area contributed by atoms with Gasteiger partial charge in [0.15, 0.2) is 22.5 Å². The van der Waals surface area contributed by atoms with E-state index in [-0.39, 0.29) is 41.4 Å². The number of nitrogens with one attached hydrogen (secondary N) is 1. The number of carbonyl (C=O) groups is 1. The number of amides is 1. The largest absolute Gasteiger partial charge is 0.507 e. The standard InChI is InChI=1S/C26H37ClFN7O3/c1-3-18-15-34(25-23(27)31-21(24(29)32-25)26(38)30-8-13-36)11-12-35(18)19-6-9-33(10-7-19)14-17-4-5-20(28)16(2)22(17)37/h4-5,18-19,36-37H,3,6-15H2,1-2H3,(H2,29,32)(H,30,38)/t18-/m0/s1. The Balaban J connectivity index is 1.36. The summed E-state index contributed by atoms with van der Waals surface area (Å²) in [7, 11) is 0. The van der Waals surface area contributed by atoms with Crippen molar-refractivity contribution >= 4 is 29.1 Å². The summed E-state index contributed by atoms with van der Waals surface area (Å²) in [6.45, 7) is 8.38. The fraction of sp³-hybridized carbons (Fsp3) is 0.577. The highest BCUT2D eigenvalue weighted by atomic mass is 35.5. The van der Waals surface area contributed by atoms with Gasteiger partial charge in [-0.25, -0.2) is 14.4 Å². The number of halogens is 2. The van der Waals surface area contributed by atoms with E-state index in [2.05, 4.69) is 36.9 Å². The Labute approximate surface area is 227 Å². The van der Waals surface area contributed by atoms with Crippen molar-refractivity contribution in [2.45, 2.75) is 51.7 Å². The Morgan fingerprint density at radius 1 is 1.24 bits per heavy atom. The molecule has 1 aromatic carbocycles. The number of phenols is 1. The molecule has 0 radical (unpaired) electrons.